The van der Waals surface area contributed by atoms with Crippen molar-refractivity contribution in [3.8, 4) is 11.3 Å². The zero-order valence-corrected chi connectivity index (χ0v) is 13.2. The number of nitrogens with zero attached hydrogens (tertiary/aromatic N) is 1. The molecule has 3 nitrogen and oxygen atoms in total. The molecule has 0 unspecified atom stereocenters. The van der Waals surface area contributed by atoms with Crippen LogP contribution < -0.4 is 0 Å². The van der Waals surface area contributed by atoms with Crippen LogP contribution >= 0.6 is 0 Å². The van der Waals surface area contributed by atoms with Crippen LogP contribution in [0.1, 0.15) is 10.4 Å². The van der Waals surface area contributed by atoms with Crippen LogP contribution in [0.25, 0.3) is 32.9 Å². The summed E-state index contributed by atoms with van der Waals surface area (Å²) in [7, 11) is 1.38. The van der Waals surface area contributed by atoms with E-state index in [0.717, 1.165) is 27.5 Å². The number of rotatable bonds is 2. The Balaban J connectivity index is 1.96. The molecule has 4 aromatic rings. The third kappa shape index (κ3) is 2.31. The first-order valence-corrected chi connectivity index (χ1v) is 7.74. The second-order valence-electron chi connectivity index (χ2n) is 5.59. The highest BCUT2D eigenvalue weighted by atomic mass is 16.5. The normalized spacial score (nSPS) is 10.9. The Hall–Kier alpha value is -3.20. The summed E-state index contributed by atoms with van der Waals surface area (Å²) in [6, 6.07) is 23.8. The molecule has 0 spiro atoms. The summed E-state index contributed by atoms with van der Waals surface area (Å²) < 4.78 is 4.76. The minimum Gasteiger partial charge on any atom is -0.465 e. The van der Waals surface area contributed by atoms with E-state index < -0.39 is 0 Å². The van der Waals surface area contributed by atoms with Crippen molar-refractivity contribution in [2.45, 2.75) is 0 Å². The Labute approximate surface area is 139 Å². The standard InChI is InChI=1S/C21H15NO2/c1-24-21(23)15-12-10-14(11-13-15)20-18-8-3-2-6-16(18)17-7-4-5-9-19(17)22-20/h2-13H,1H3. The van der Waals surface area contributed by atoms with E-state index >= 15 is 0 Å². The molecule has 24 heavy (non-hydrogen) atoms. The van der Waals surface area contributed by atoms with Gasteiger partial charge in [-0.05, 0) is 23.6 Å². The van der Waals surface area contributed by atoms with Gasteiger partial charge in [-0.3, -0.25) is 0 Å². The molecular weight excluding hydrogens is 298 g/mol. The van der Waals surface area contributed by atoms with Gasteiger partial charge in [-0.25, -0.2) is 9.78 Å². The van der Waals surface area contributed by atoms with Crippen molar-refractivity contribution >= 4 is 27.6 Å². The van der Waals surface area contributed by atoms with Crippen LogP contribution in [-0.4, -0.2) is 18.1 Å². The second kappa shape index (κ2) is 5.78. The molecule has 1 aromatic heterocycles. The summed E-state index contributed by atoms with van der Waals surface area (Å²) in [5.74, 6) is -0.335. The number of carbonyl (C=O) groups is 1. The number of ether oxygens (including phenoxy) is 1. The number of esters is 1. The SMILES string of the molecule is COC(=O)c1ccc(-c2nc3ccccc3c3ccccc23)cc1. The molecular formula is C21H15NO2. The van der Waals surface area contributed by atoms with Gasteiger partial charge in [-0.15, -0.1) is 0 Å². The average Bonchev–Trinajstić information content (AvgIpc) is 2.67. The smallest absolute Gasteiger partial charge is 0.337 e. The van der Waals surface area contributed by atoms with E-state index in [-0.39, 0.29) is 5.97 Å². The van der Waals surface area contributed by atoms with Crippen LogP contribution in [0.3, 0.4) is 0 Å². The van der Waals surface area contributed by atoms with Gasteiger partial charge in [0.15, 0.2) is 0 Å². The van der Waals surface area contributed by atoms with Gasteiger partial charge < -0.3 is 4.74 Å². The van der Waals surface area contributed by atoms with Crippen molar-refractivity contribution in [2.75, 3.05) is 7.11 Å². The van der Waals surface area contributed by atoms with Crippen LogP contribution in [0.5, 0.6) is 0 Å². The summed E-state index contributed by atoms with van der Waals surface area (Å²) in [4.78, 5) is 16.5. The van der Waals surface area contributed by atoms with E-state index in [9.17, 15) is 4.79 Å². The van der Waals surface area contributed by atoms with Crippen molar-refractivity contribution in [2.24, 2.45) is 0 Å². The summed E-state index contributed by atoms with van der Waals surface area (Å²) in [5.41, 5.74) is 3.39. The molecule has 116 valence electrons. The van der Waals surface area contributed by atoms with E-state index in [1.54, 1.807) is 12.1 Å². The van der Waals surface area contributed by atoms with E-state index in [1.807, 2.05) is 42.5 Å². The number of carbonyl (C=O) groups excluding carboxylic acids is 1. The van der Waals surface area contributed by atoms with Crippen LogP contribution in [0.15, 0.2) is 72.8 Å². The number of hydrogen-bond donors (Lipinski definition) is 0. The van der Waals surface area contributed by atoms with Gasteiger partial charge in [0.1, 0.15) is 0 Å². The molecule has 0 aliphatic heterocycles. The first kappa shape index (κ1) is 14.4. The van der Waals surface area contributed by atoms with Gasteiger partial charge in [-0.2, -0.15) is 0 Å². The van der Waals surface area contributed by atoms with Gasteiger partial charge in [0.2, 0.25) is 0 Å². The zero-order chi connectivity index (χ0) is 16.5. The van der Waals surface area contributed by atoms with Crippen LogP contribution in [0.2, 0.25) is 0 Å². The van der Waals surface area contributed by atoms with Crippen molar-refractivity contribution in [1.82, 2.24) is 4.98 Å². The van der Waals surface area contributed by atoms with Gasteiger partial charge in [0, 0.05) is 16.3 Å². The molecule has 0 saturated carbocycles. The molecule has 0 aliphatic rings. The molecule has 0 aliphatic carbocycles. The van der Waals surface area contributed by atoms with Crippen molar-refractivity contribution in [3.05, 3.63) is 78.4 Å². The molecule has 0 amide bonds. The van der Waals surface area contributed by atoms with Crippen LogP contribution in [0, 0.1) is 0 Å². The maximum Gasteiger partial charge on any atom is 0.337 e. The predicted octanol–water partition coefficient (Wildman–Crippen LogP) is 4.84. The molecule has 3 heteroatoms. The van der Waals surface area contributed by atoms with Crippen molar-refractivity contribution < 1.29 is 9.53 Å². The third-order valence-electron chi connectivity index (χ3n) is 4.19. The largest absolute Gasteiger partial charge is 0.465 e. The van der Waals surface area contributed by atoms with E-state index in [4.69, 9.17) is 9.72 Å². The van der Waals surface area contributed by atoms with Gasteiger partial charge in [0.25, 0.3) is 0 Å². The fraction of sp³-hybridized carbons (Fsp3) is 0.0476. The first-order chi connectivity index (χ1) is 11.8. The zero-order valence-electron chi connectivity index (χ0n) is 13.2. The van der Waals surface area contributed by atoms with Crippen LogP contribution in [-0.2, 0) is 4.74 Å². The highest BCUT2D eigenvalue weighted by molar-refractivity contribution is 6.10. The fourth-order valence-corrected chi connectivity index (χ4v) is 3.01. The fourth-order valence-electron chi connectivity index (χ4n) is 3.01. The number of benzene rings is 3. The molecule has 0 bridgehead atoms. The molecule has 1 heterocycles. The minimum absolute atomic E-state index is 0.335. The minimum atomic E-state index is -0.335. The highest BCUT2D eigenvalue weighted by Gasteiger charge is 2.11. The number of hydrogen-bond acceptors (Lipinski definition) is 3. The highest BCUT2D eigenvalue weighted by Crippen LogP contribution is 2.32. The predicted molar refractivity (Wildman–Crippen MR) is 96.0 cm³/mol. The lowest BCUT2D eigenvalue weighted by molar-refractivity contribution is 0.0601. The Morgan fingerprint density at radius 2 is 1.42 bits per heavy atom. The number of para-hydroxylation sites is 1. The maximum atomic E-state index is 11.6. The lowest BCUT2D eigenvalue weighted by Crippen LogP contribution is -2.00. The number of aromatic nitrogens is 1. The summed E-state index contributed by atoms with van der Waals surface area (Å²) in [6.45, 7) is 0. The van der Waals surface area contributed by atoms with Crippen molar-refractivity contribution in [3.63, 3.8) is 0 Å². The first-order valence-electron chi connectivity index (χ1n) is 7.74. The summed E-state index contributed by atoms with van der Waals surface area (Å²) >= 11 is 0. The quantitative estimate of drug-likeness (QED) is 0.392. The average molecular weight is 313 g/mol. The van der Waals surface area contributed by atoms with Gasteiger partial charge >= 0.3 is 5.97 Å². The molecule has 0 N–H and O–H groups in total. The Kier molecular flexibility index (Phi) is 3.47. The van der Waals surface area contributed by atoms with E-state index in [0.29, 0.717) is 5.56 Å². The Morgan fingerprint density at radius 3 is 2.12 bits per heavy atom. The van der Waals surface area contributed by atoms with Crippen LogP contribution in [0.4, 0.5) is 0 Å². The van der Waals surface area contributed by atoms with E-state index in [2.05, 4.69) is 18.2 Å². The molecule has 0 radical (unpaired) electrons. The topological polar surface area (TPSA) is 39.2 Å². The lowest BCUT2D eigenvalue weighted by Gasteiger charge is -2.10. The molecule has 4 rings (SSSR count). The number of methoxy groups -OCH3 is 1. The number of pyridine rings is 1. The second-order valence-corrected chi connectivity index (χ2v) is 5.59. The molecule has 0 saturated heterocycles. The van der Waals surface area contributed by atoms with Gasteiger partial charge in [0.05, 0.1) is 23.9 Å². The number of fused-ring (bicyclic) bond motifs is 3. The Bertz CT molecular complexity index is 1050. The maximum absolute atomic E-state index is 11.6. The molecule has 0 atom stereocenters. The third-order valence-corrected chi connectivity index (χ3v) is 4.19. The summed E-state index contributed by atoms with van der Waals surface area (Å²) in [5, 5.41) is 3.42. The molecule has 3 aromatic carbocycles. The summed E-state index contributed by atoms with van der Waals surface area (Å²) in [6.07, 6.45) is 0. The van der Waals surface area contributed by atoms with E-state index in [1.165, 1.54) is 12.5 Å². The van der Waals surface area contributed by atoms with Gasteiger partial charge in [-0.1, -0.05) is 54.6 Å². The van der Waals surface area contributed by atoms with Crippen molar-refractivity contribution in [1.29, 1.82) is 0 Å². The lowest BCUT2D eigenvalue weighted by atomic mass is 9.99. The molecule has 0 fully saturated rings. The monoisotopic (exact) mass is 313 g/mol. The Morgan fingerprint density at radius 1 is 0.792 bits per heavy atom.